The first-order valence-corrected chi connectivity index (χ1v) is 4.65. The average molecular weight is 197 g/mol. The molecule has 1 fully saturated rings. The number of rotatable bonds is 3. The van der Waals surface area contributed by atoms with E-state index in [-0.39, 0.29) is 12.5 Å². The van der Waals surface area contributed by atoms with Crippen LogP contribution in [0.2, 0.25) is 0 Å². The van der Waals surface area contributed by atoms with Gasteiger partial charge in [-0.1, -0.05) is 0 Å². The Labute approximate surface area is 83.8 Å². The molecule has 0 bridgehead atoms. The molecule has 0 spiro atoms. The highest BCUT2D eigenvalue weighted by molar-refractivity contribution is 5.78. The monoisotopic (exact) mass is 197 g/mol. The summed E-state index contributed by atoms with van der Waals surface area (Å²) in [6.07, 6.45) is 0. The van der Waals surface area contributed by atoms with Crippen LogP contribution < -0.4 is 0 Å². The molecular formula is C9H15N3O2. The summed E-state index contributed by atoms with van der Waals surface area (Å²) in [6, 6.07) is 2.01. The predicted molar refractivity (Wildman–Crippen MR) is 50.5 cm³/mol. The summed E-state index contributed by atoms with van der Waals surface area (Å²) in [5.41, 5.74) is 0. The molecule has 1 rings (SSSR count). The zero-order valence-electron chi connectivity index (χ0n) is 8.40. The van der Waals surface area contributed by atoms with E-state index in [1.165, 1.54) is 0 Å². The number of morpholine rings is 1. The molecule has 0 aromatic heterocycles. The Morgan fingerprint density at radius 2 is 2.21 bits per heavy atom. The lowest BCUT2D eigenvalue weighted by molar-refractivity contribution is -0.136. The van der Waals surface area contributed by atoms with E-state index in [1.54, 1.807) is 16.8 Å². The van der Waals surface area contributed by atoms with Gasteiger partial charge in [-0.15, -0.1) is 0 Å². The lowest BCUT2D eigenvalue weighted by Gasteiger charge is -2.28. The first-order valence-electron chi connectivity index (χ1n) is 4.65. The van der Waals surface area contributed by atoms with Crippen LogP contribution in [0.15, 0.2) is 0 Å². The maximum absolute atomic E-state index is 11.6. The molecule has 0 N–H and O–H groups in total. The van der Waals surface area contributed by atoms with Gasteiger partial charge in [0.2, 0.25) is 5.91 Å². The smallest absolute Gasteiger partial charge is 0.236 e. The summed E-state index contributed by atoms with van der Waals surface area (Å²) in [6.45, 7) is 3.17. The van der Waals surface area contributed by atoms with Gasteiger partial charge in [-0.25, -0.2) is 0 Å². The molecule has 0 aromatic carbocycles. The van der Waals surface area contributed by atoms with Gasteiger partial charge in [0.15, 0.2) is 0 Å². The number of nitriles is 1. The molecule has 0 aliphatic carbocycles. The zero-order valence-corrected chi connectivity index (χ0v) is 8.40. The Balaban J connectivity index is 2.30. The third kappa shape index (κ3) is 3.32. The molecule has 1 heterocycles. The van der Waals surface area contributed by atoms with E-state index in [0.29, 0.717) is 32.8 Å². The topological polar surface area (TPSA) is 56.6 Å². The Bertz CT molecular complexity index is 231. The predicted octanol–water partition coefficient (Wildman–Crippen LogP) is -0.699. The van der Waals surface area contributed by atoms with Crippen LogP contribution in [-0.4, -0.2) is 62.1 Å². The SMILES string of the molecule is CN(CC#N)CC(=O)N1CCOCC1. The van der Waals surface area contributed by atoms with E-state index < -0.39 is 0 Å². The van der Waals surface area contributed by atoms with Crippen molar-refractivity contribution in [3.05, 3.63) is 0 Å². The molecule has 1 aliphatic rings. The highest BCUT2D eigenvalue weighted by atomic mass is 16.5. The highest BCUT2D eigenvalue weighted by Crippen LogP contribution is 1.98. The van der Waals surface area contributed by atoms with Crippen LogP contribution in [0, 0.1) is 11.3 Å². The number of carbonyl (C=O) groups is 1. The summed E-state index contributed by atoms with van der Waals surface area (Å²) >= 11 is 0. The third-order valence-corrected chi connectivity index (χ3v) is 2.11. The second-order valence-electron chi connectivity index (χ2n) is 3.32. The molecule has 0 radical (unpaired) electrons. The van der Waals surface area contributed by atoms with Crippen molar-refractivity contribution in [1.29, 1.82) is 5.26 Å². The maximum Gasteiger partial charge on any atom is 0.236 e. The van der Waals surface area contributed by atoms with Crippen molar-refractivity contribution in [2.45, 2.75) is 0 Å². The summed E-state index contributed by atoms with van der Waals surface area (Å²) in [4.78, 5) is 15.1. The minimum absolute atomic E-state index is 0.0750. The average Bonchev–Trinajstić information content (AvgIpc) is 2.19. The zero-order chi connectivity index (χ0) is 10.4. The van der Waals surface area contributed by atoms with Crippen LogP contribution in [0.1, 0.15) is 0 Å². The summed E-state index contributed by atoms with van der Waals surface area (Å²) in [5, 5.41) is 8.42. The Morgan fingerprint density at radius 1 is 1.57 bits per heavy atom. The Morgan fingerprint density at radius 3 is 2.79 bits per heavy atom. The van der Waals surface area contributed by atoms with E-state index in [4.69, 9.17) is 10.00 Å². The number of ether oxygens (including phenoxy) is 1. The molecule has 0 saturated carbocycles. The number of amides is 1. The van der Waals surface area contributed by atoms with Crippen molar-refractivity contribution in [2.75, 3.05) is 46.4 Å². The van der Waals surface area contributed by atoms with Crippen LogP contribution in [-0.2, 0) is 9.53 Å². The van der Waals surface area contributed by atoms with E-state index in [1.807, 2.05) is 6.07 Å². The fourth-order valence-corrected chi connectivity index (χ4v) is 1.32. The molecule has 0 aromatic rings. The van der Waals surface area contributed by atoms with E-state index in [2.05, 4.69) is 0 Å². The van der Waals surface area contributed by atoms with Crippen molar-refractivity contribution < 1.29 is 9.53 Å². The van der Waals surface area contributed by atoms with Gasteiger partial charge in [0.25, 0.3) is 0 Å². The van der Waals surface area contributed by atoms with Crippen molar-refractivity contribution in [1.82, 2.24) is 9.80 Å². The van der Waals surface area contributed by atoms with Crippen LogP contribution >= 0.6 is 0 Å². The minimum Gasteiger partial charge on any atom is -0.378 e. The van der Waals surface area contributed by atoms with Crippen LogP contribution in [0.3, 0.4) is 0 Å². The lowest BCUT2D eigenvalue weighted by Crippen LogP contribution is -2.45. The lowest BCUT2D eigenvalue weighted by atomic mass is 10.4. The van der Waals surface area contributed by atoms with Gasteiger partial charge in [-0.2, -0.15) is 5.26 Å². The van der Waals surface area contributed by atoms with Crippen molar-refractivity contribution in [3.8, 4) is 6.07 Å². The molecule has 5 heteroatoms. The second kappa shape index (κ2) is 5.58. The molecule has 14 heavy (non-hydrogen) atoms. The summed E-state index contributed by atoms with van der Waals surface area (Å²) < 4.78 is 5.14. The molecular weight excluding hydrogens is 182 g/mol. The van der Waals surface area contributed by atoms with Gasteiger partial charge >= 0.3 is 0 Å². The number of hydrogen-bond acceptors (Lipinski definition) is 4. The van der Waals surface area contributed by atoms with Crippen molar-refractivity contribution >= 4 is 5.91 Å². The first-order chi connectivity index (χ1) is 6.74. The maximum atomic E-state index is 11.6. The number of hydrogen-bond donors (Lipinski definition) is 0. The fraction of sp³-hybridized carbons (Fsp3) is 0.778. The molecule has 1 saturated heterocycles. The number of likely N-dealkylation sites (N-methyl/N-ethyl adjacent to an activating group) is 1. The van der Waals surface area contributed by atoms with Crippen molar-refractivity contribution in [3.63, 3.8) is 0 Å². The van der Waals surface area contributed by atoms with Crippen molar-refractivity contribution in [2.24, 2.45) is 0 Å². The number of carbonyl (C=O) groups excluding carboxylic acids is 1. The van der Waals surface area contributed by atoms with Crippen LogP contribution in [0.4, 0.5) is 0 Å². The van der Waals surface area contributed by atoms with E-state index in [9.17, 15) is 4.79 Å². The normalized spacial score (nSPS) is 16.8. The van der Waals surface area contributed by atoms with E-state index in [0.717, 1.165) is 0 Å². The quantitative estimate of drug-likeness (QED) is 0.561. The van der Waals surface area contributed by atoms with Crippen LogP contribution in [0.25, 0.3) is 0 Å². The molecule has 0 unspecified atom stereocenters. The molecule has 1 aliphatic heterocycles. The largest absolute Gasteiger partial charge is 0.378 e. The number of nitrogens with zero attached hydrogens (tertiary/aromatic N) is 3. The van der Waals surface area contributed by atoms with Gasteiger partial charge in [0.1, 0.15) is 0 Å². The molecule has 5 nitrogen and oxygen atoms in total. The molecule has 0 atom stereocenters. The van der Waals surface area contributed by atoms with Gasteiger partial charge in [0.05, 0.1) is 32.4 Å². The first kappa shape index (κ1) is 11.0. The van der Waals surface area contributed by atoms with E-state index >= 15 is 0 Å². The summed E-state index contributed by atoms with van der Waals surface area (Å²) in [7, 11) is 1.77. The van der Waals surface area contributed by atoms with Gasteiger partial charge in [-0.3, -0.25) is 9.69 Å². The Kier molecular flexibility index (Phi) is 4.36. The fourth-order valence-electron chi connectivity index (χ4n) is 1.32. The van der Waals surface area contributed by atoms with Crippen LogP contribution in [0.5, 0.6) is 0 Å². The third-order valence-electron chi connectivity index (χ3n) is 2.11. The Hall–Kier alpha value is -1.12. The summed E-state index contributed by atoms with van der Waals surface area (Å²) in [5.74, 6) is 0.0750. The van der Waals surface area contributed by atoms with Gasteiger partial charge in [-0.05, 0) is 7.05 Å². The highest BCUT2D eigenvalue weighted by Gasteiger charge is 2.17. The molecule has 78 valence electrons. The van der Waals surface area contributed by atoms with Gasteiger partial charge in [0, 0.05) is 13.1 Å². The van der Waals surface area contributed by atoms with Gasteiger partial charge < -0.3 is 9.64 Å². The standard InChI is InChI=1S/C9H15N3O2/c1-11(3-2-10)8-9(13)12-4-6-14-7-5-12/h3-8H2,1H3. The second-order valence-corrected chi connectivity index (χ2v) is 3.32. The minimum atomic E-state index is 0.0750. The molecule has 1 amide bonds.